The molecule has 2 amide bonds. The second-order valence-electron chi connectivity index (χ2n) is 4.78. The van der Waals surface area contributed by atoms with Crippen molar-refractivity contribution >= 4 is 11.8 Å². The highest BCUT2D eigenvalue weighted by Crippen LogP contribution is 2.37. The fourth-order valence-electron chi connectivity index (χ4n) is 2.05. The summed E-state index contributed by atoms with van der Waals surface area (Å²) in [7, 11) is 0. The van der Waals surface area contributed by atoms with Gasteiger partial charge in [0.05, 0.1) is 0 Å². The van der Waals surface area contributed by atoms with Crippen LogP contribution in [0.2, 0.25) is 0 Å². The molecule has 1 atom stereocenters. The van der Waals surface area contributed by atoms with E-state index in [9.17, 15) is 9.59 Å². The van der Waals surface area contributed by atoms with Gasteiger partial charge in [0.15, 0.2) is 0 Å². The van der Waals surface area contributed by atoms with E-state index in [1.807, 2.05) is 0 Å². The number of H-pyrrole nitrogens is 1. The zero-order chi connectivity index (χ0) is 12.5. The van der Waals surface area contributed by atoms with Crippen LogP contribution in [0.15, 0.2) is 0 Å². The number of aromatic amines is 1. The minimum Gasteiger partial charge on any atom is -0.354 e. The molecule has 0 aromatic carbocycles. The Hall–Kier alpha value is -1.92. The smallest absolute Gasteiger partial charge is 0.291 e. The van der Waals surface area contributed by atoms with Crippen LogP contribution in [-0.4, -0.2) is 39.6 Å². The summed E-state index contributed by atoms with van der Waals surface area (Å²) < 4.78 is 0. The quantitative estimate of drug-likeness (QED) is 0.684. The molecule has 0 spiro atoms. The molecule has 0 bridgehead atoms. The number of aromatic nitrogens is 3. The molecule has 2 fully saturated rings. The van der Waals surface area contributed by atoms with Gasteiger partial charge in [-0.3, -0.25) is 14.7 Å². The van der Waals surface area contributed by atoms with Gasteiger partial charge in [-0.25, -0.2) is 4.98 Å². The van der Waals surface area contributed by atoms with E-state index >= 15 is 0 Å². The number of carbonyl (C=O) groups excluding carboxylic acids is 2. The lowest BCUT2D eigenvalue weighted by Crippen LogP contribution is -2.50. The lowest BCUT2D eigenvalue weighted by Gasteiger charge is -2.21. The average Bonchev–Trinajstić information content (AvgIpc) is 3.10. The van der Waals surface area contributed by atoms with Gasteiger partial charge in [0, 0.05) is 12.5 Å². The van der Waals surface area contributed by atoms with Crippen LogP contribution >= 0.6 is 0 Å². The summed E-state index contributed by atoms with van der Waals surface area (Å²) in [5.41, 5.74) is 0. The van der Waals surface area contributed by atoms with Crippen molar-refractivity contribution in [1.29, 1.82) is 0 Å². The van der Waals surface area contributed by atoms with Crippen LogP contribution in [0, 0.1) is 0 Å². The van der Waals surface area contributed by atoms with E-state index in [1.54, 1.807) is 0 Å². The predicted molar refractivity (Wildman–Crippen MR) is 61.9 cm³/mol. The molecule has 3 N–H and O–H groups in total. The van der Waals surface area contributed by atoms with Gasteiger partial charge in [0.25, 0.3) is 5.91 Å². The first-order valence-electron chi connectivity index (χ1n) is 6.25. The fraction of sp³-hybridized carbons (Fsp3) is 0.636. The van der Waals surface area contributed by atoms with Gasteiger partial charge in [-0.05, 0) is 25.7 Å². The molecule has 1 aliphatic carbocycles. The number of piperidine rings is 1. The number of nitrogens with one attached hydrogen (secondary N) is 3. The Morgan fingerprint density at radius 3 is 2.89 bits per heavy atom. The third kappa shape index (κ3) is 2.20. The molecule has 7 heteroatoms. The molecule has 1 aromatic heterocycles. The minimum absolute atomic E-state index is 0.121. The van der Waals surface area contributed by atoms with Crippen molar-refractivity contribution < 1.29 is 9.59 Å². The Morgan fingerprint density at radius 1 is 1.33 bits per heavy atom. The molecule has 1 unspecified atom stereocenters. The maximum atomic E-state index is 11.9. The van der Waals surface area contributed by atoms with Gasteiger partial charge in [0.2, 0.25) is 11.7 Å². The number of carbonyl (C=O) groups is 2. The molecule has 1 aliphatic heterocycles. The molecule has 3 rings (SSSR count). The number of amides is 2. The molecular weight excluding hydrogens is 234 g/mol. The summed E-state index contributed by atoms with van der Waals surface area (Å²) in [6.45, 7) is 0.678. The molecule has 2 aliphatic rings. The monoisotopic (exact) mass is 249 g/mol. The van der Waals surface area contributed by atoms with E-state index < -0.39 is 6.04 Å². The van der Waals surface area contributed by atoms with Crippen LogP contribution in [0.5, 0.6) is 0 Å². The number of rotatable bonds is 3. The molecule has 18 heavy (non-hydrogen) atoms. The number of hydrogen-bond acceptors (Lipinski definition) is 4. The Morgan fingerprint density at radius 2 is 2.17 bits per heavy atom. The number of nitrogens with zero attached hydrogens (tertiary/aromatic N) is 2. The molecule has 1 saturated carbocycles. The molecular formula is C11H15N5O2. The van der Waals surface area contributed by atoms with Crippen LogP contribution < -0.4 is 10.6 Å². The van der Waals surface area contributed by atoms with Crippen molar-refractivity contribution in [3.05, 3.63) is 11.6 Å². The summed E-state index contributed by atoms with van der Waals surface area (Å²) in [5.74, 6) is 0.799. The molecule has 1 aromatic rings. The molecule has 1 saturated heterocycles. The maximum Gasteiger partial charge on any atom is 0.291 e. The summed E-state index contributed by atoms with van der Waals surface area (Å²) in [5, 5.41) is 12.0. The first-order chi connectivity index (χ1) is 8.74. The second kappa shape index (κ2) is 4.40. The SMILES string of the molecule is O=C(NC1CCCNC1=O)c1n[nH]c(C2CC2)n1. The lowest BCUT2D eigenvalue weighted by molar-refractivity contribution is -0.124. The molecule has 0 radical (unpaired) electrons. The van der Waals surface area contributed by atoms with E-state index in [1.165, 1.54) is 0 Å². The third-order valence-corrected chi connectivity index (χ3v) is 3.26. The predicted octanol–water partition coefficient (Wildman–Crippen LogP) is -0.310. The van der Waals surface area contributed by atoms with Gasteiger partial charge in [-0.1, -0.05) is 0 Å². The van der Waals surface area contributed by atoms with Gasteiger partial charge in [-0.15, -0.1) is 5.10 Å². The average molecular weight is 249 g/mol. The first kappa shape index (κ1) is 11.2. The standard InChI is InChI=1S/C11H15N5O2/c17-10-7(2-1-5-12-10)13-11(18)9-14-8(15-16-9)6-3-4-6/h6-7H,1-5H2,(H,12,17)(H,13,18)(H,14,15,16). The van der Waals surface area contributed by atoms with Crippen LogP contribution in [0.4, 0.5) is 0 Å². The van der Waals surface area contributed by atoms with Gasteiger partial charge in [-0.2, -0.15) is 0 Å². The van der Waals surface area contributed by atoms with Gasteiger partial charge >= 0.3 is 0 Å². The Balaban J connectivity index is 1.64. The van der Waals surface area contributed by atoms with Crippen molar-refractivity contribution in [2.75, 3.05) is 6.54 Å². The summed E-state index contributed by atoms with van der Waals surface area (Å²) >= 11 is 0. The van der Waals surface area contributed by atoms with E-state index in [-0.39, 0.29) is 17.6 Å². The number of hydrogen-bond donors (Lipinski definition) is 3. The summed E-state index contributed by atoms with van der Waals surface area (Å²) in [4.78, 5) is 27.5. The Bertz CT molecular complexity index is 480. The highest BCUT2D eigenvalue weighted by Gasteiger charge is 2.29. The van der Waals surface area contributed by atoms with Gasteiger partial charge < -0.3 is 10.6 Å². The highest BCUT2D eigenvalue weighted by molar-refractivity contribution is 5.94. The van der Waals surface area contributed by atoms with Crippen LogP contribution in [-0.2, 0) is 4.79 Å². The highest BCUT2D eigenvalue weighted by atomic mass is 16.2. The fourth-order valence-corrected chi connectivity index (χ4v) is 2.05. The van der Waals surface area contributed by atoms with Crippen molar-refractivity contribution in [2.24, 2.45) is 0 Å². The van der Waals surface area contributed by atoms with Crippen molar-refractivity contribution in [2.45, 2.75) is 37.6 Å². The van der Waals surface area contributed by atoms with Crippen LogP contribution in [0.25, 0.3) is 0 Å². The summed E-state index contributed by atoms with van der Waals surface area (Å²) in [6.07, 6.45) is 3.73. The summed E-state index contributed by atoms with van der Waals surface area (Å²) in [6, 6.07) is -0.464. The zero-order valence-electron chi connectivity index (χ0n) is 9.90. The first-order valence-corrected chi connectivity index (χ1v) is 6.25. The van der Waals surface area contributed by atoms with Crippen molar-refractivity contribution in [3.63, 3.8) is 0 Å². The zero-order valence-corrected chi connectivity index (χ0v) is 9.90. The maximum absolute atomic E-state index is 11.9. The van der Waals surface area contributed by atoms with E-state index in [0.717, 1.165) is 25.1 Å². The van der Waals surface area contributed by atoms with Crippen molar-refractivity contribution in [1.82, 2.24) is 25.8 Å². The third-order valence-electron chi connectivity index (χ3n) is 3.26. The van der Waals surface area contributed by atoms with Gasteiger partial charge in [0.1, 0.15) is 11.9 Å². The molecule has 2 heterocycles. The second-order valence-corrected chi connectivity index (χ2v) is 4.78. The van der Waals surface area contributed by atoms with E-state index in [4.69, 9.17) is 0 Å². The normalized spacial score (nSPS) is 23.6. The molecule has 7 nitrogen and oxygen atoms in total. The van der Waals surface area contributed by atoms with Crippen LogP contribution in [0.1, 0.15) is 48.0 Å². The van der Waals surface area contributed by atoms with E-state index in [0.29, 0.717) is 18.9 Å². The topological polar surface area (TPSA) is 99.8 Å². The lowest BCUT2D eigenvalue weighted by atomic mass is 10.1. The van der Waals surface area contributed by atoms with Crippen LogP contribution in [0.3, 0.4) is 0 Å². The molecule has 96 valence electrons. The largest absolute Gasteiger partial charge is 0.354 e. The van der Waals surface area contributed by atoms with Crippen molar-refractivity contribution in [3.8, 4) is 0 Å². The van der Waals surface area contributed by atoms with E-state index in [2.05, 4.69) is 25.8 Å². The minimum atomic E-state index is -0.464. The Kier molecular flexibility index (Phi) is 2.73. The Labute approximate surface area is 104 Å².